The quantitative estimate of drug-likeness (QED) is 0.800. The summed E-state index contributed by atoms with van der Waals surface area (Å²) in [6.07, 6.45) is -1.93. The van der Waals surface area contributed by atoms with E-state index in [4.69, 9.17) is 14.9 Å². The predicted octanol–water partition coefficient (Wildman–Crippen LogP) is 1.43. The van der Waals surface area contributed by atoms with Gasteiger partial charge in [0.1, 0.15) is 11.6 Å². The summed E-state index contributed by atoms with van der Waals surface area (Å²) in [5.41, 5.74) is 0. The third-order valence-electron chi connectivity index (χ3n) is 1.99. The van der Waals surface area contributed by atoms with Crippen LogP contribution in [0.1, 0.15) is 13.3 Å². The van der Waals surface area contributed by atoms with E-state index in [1.165, 1.54) is 24.3 Å². The summed E-state index contributed by atoms with van der Waals surface area (Å²) >= 11 is 0. The number of aliphatic hydroxyl groups is 1. The lowest BCUT2D eigenvalue weighted by Crippen LogP contribution is -2.27. The first-order valence-electron chi connectivity index (χ1n) is 4.82. The largest absolute Gasteiger partial charge is 0.491 e. The van der Waals surface area contributed by atoms with Gasteiger partial charge < -0.3 is 14.9 Å². The summed E-state index contributed by atoms with van der Waals surface area (Å²) in [6.45, 7) is 1.63. The molecule has 0 fully saturated rings. The third kappa shape index (κ3) is 3.86. The van der Waals surface area contributed by atoms with Crippen LogP contribution < -0.4 is 4.74 Å². The molecule has 2 N–H and O–H groups in total. The zero-order valence-electron chi connectivity index (χ0n) is 8.76. The zero-order valence-corrected chi connectivity index (χ0v) is 8.76. The first-order chi connectivity index (χ1) is 7.49. The van der Waals surface area contributed by atoms with E-state index in [-0.39, 0.29) is 12.2 Å². The first-order valence-corrected chi connectivity index (χ1v) is 4.82. The second kappa shape index (κ2) is 5.46. The molecule has 5 heteroatoms. The van der Waals surface area contributed by atoms with Gasteiger partial charge in [-0.3, -0.25) is 0 Å². The lowest BCUT2D eigenvalue weighted by molar-refractivity contribution is -0.147. The number of carbonyl (C=O) groups is 1. The molecule has 88 valence electrons. The van der Waals surface area contributed by atoms with Crippen molar-refractivity contribution in [2.24, 2.45) is 0 Å². The van der Waals surface area contributed by atoms with Gasteiger partial charge in [0.05, 0.1) is 6.10 Å². The maximum absolute atomic E-state index is 12.6. The van der Waals surface area contributed by atoms with E-state index in [1.54, 1.807) is 6.92 Å². The zero-order chi connectivity index (χ0) is 12.1. The van der Waals surface area contributed by atoms with Gasteiger partial charge in [-0.15, -0.1) is 0 Å². The highest BCUT2D eigenvalue weighted by Crippen LogP contribution is 2.14. The van der Waals surface area contributed by atoms with Crippen molar-refractivity contribution in [3.8, 4) is 5.75 Å². The molecule has 0 saturated heterocycles. The predicted molar refractivity (Wildman–Crippen MR) is 54.7 cm³/mol. The Morgan fingerprint density at radius 2 is 2.00 bits per heavy atom. The Bertz CT molecular complexity index is 350. The SMILES string of the molecule is CC(CC(O)C(=O)O)Oc1ccc(F)cc1. The van der Waals surface area contributed by atoms with Gasteiger partial charge >= 0.3 is 5.97 Å². The normalized spacial score (nSPS) is 14.2. The lowest BCUT2D eigenvalue weighted by atomic mass is 10.2. The average molecular weight is 228 g/mol. The number of aliphatic carboxylic acids is 1. The molecule has 0 saturated carbocycles. The molecule has 0 aliphatic carbocycles. The molecule has 1 aromatic rings. The maximum Gasteiger partial charge on any atom is 0.332 e. The molecule has 0 aliphatic rings. The van der Waals surface area contributed by atoms with Gasteiger partial charge in [-0.1, -0.05) is 0 Å². The Morgan fingerprint density at radius 1 is 1.44 bits per heavy atom. The van der Waals surface area contributed by atoms with Gasteiger partial charge in [0.2, 0.25) is 0 Å². The molecule has 2 unspecified atom stereocenters. The van der Waals surface area contributed by atoms with E-state index in [9.17, 15) is 9.18 Å². The molecule has 0 bridgehead atoms. The fraction of sp³-hybridized carbons (Fsp3) is 0.364. The van der Waals surface area contributed by atoms with Crippen LogP contribution in [0.15, 0.2) is 24.3 Å². The molecule has 0 spiro atoms. The molecule has 0 amide bonds. The van der Waals surface area contributed by atoms with Crippen LogP contribution in [0.25, 0.3) is 0 Å². The fourth-order valence-electron chi connectivity index (χ4n) is 1.21. The second-order valence-electron chi connectivity index (χ2n) is 3.47. The number of halogens is 1. The van der Waals surface area contributed by atoms with E-state index in [1.807, 2.05) is 0 Å². The molecular formula is C11H13FO4. The van der Waals surface area contributed by atoms with Crippen molar-refractivity contribution >= 4 is 5.97 Å². The van der Waals surface area contributed by atoms with Crippen molar-refractivity contribution in [1.29, 1.82) is 0 Å². The Morgan fingerprint density at radius 3 is 2.50 bits per heavy atom. The van der Waals surface area contributed by atoms with Crippen LogP contribution in [0.5, 0.6) is 5.75 Å². The molecule has 0 heterocycles. The standard InChI is InChI=1S/C11H13FO4/c1-7(6-10(13)11(14)15)16-9-4-2-8(12)3-5-9/h2-5,7,10,13H,6H2,1H3,(H,14,15). The van der Waals surface area contributed by atoms with E-state index in [0.29, 0.717) is 5.75 Å². The number of carboxylic acid groups (broad SMARTS) is 1. The van der Waals surface area contributed by atoms with Crippen LogP contribution in [-0.2, 0) is 4.79 Å². The summed E-state index contributed by atoms with van der Waals surface area (Å²) in [6, 6.07) is 5.38. The van der Waals surface area contributed by atoms with Crippen LogP contribution in [0.4, 0.5) is 4.39 Å². The van der Waals surface area contributed by atoms with E-state index in [0.717, 1.165) is 0 Å². The Labute approximate surface area is 92.3 Å². The molecule has 0 aromatic heterocycles. The van der Waals surface area contributed by atoms with E-state index >= 15 is 0 Å². The monoisotopic (exact) mass is 228 g/mol. The van der Waals surface area contributed by atoms with Gasteiger partial charge in [-0.25, -0.2) is 9.18 Å². The molecule has 1 rings (SSSR count). The number of hydrogen-bond donors (Lipinski definition) is 2. The smallest absolute Gasteiger partial charge is 0.332 e. The van der Waals surface area contributed by atoms with Crippen molar-refractivity contribution in [3.05, 3.63) is 30.1 Å². The molecular weight excluding hydrogens is 215 g/mol. The Balaban J connectivity index is 2.48. The van der Waals surface area contributed by atoms with Crippen LogP contribution >= 0.6 is 0 Å². The molecule has 4 nitrogen and oxygen atoms in total. The van der Waals surface area contributed by atoms with Crippen LogP contribution in [-0.4, -0.2) is 28.4 Å². The van der Waals surface area contributed by atoms with E-state index in [2.05, 4.69) is 0 Å². The van der Waals surface area contributed by atoms with Gasteiger partial charge in [0.15, 0.2) is 6.10 Å². The highest BCUT2D eigenvalue weighted by molar-refractivity contribution is 5.71. The Kier molecular flexibility index (Phi) is 4.25. The lowest BCUT2D eigenvalue weighted by Gasteiger charge is -2.16. The molecule has 0 aliphatic heterocycles. The van der Waals surface area contributed by atoms with Crippen LogP contribution in [0, 0.1) is 5.82 Å². The Hall–Kier alpha value is -1.62. The minimum atomic E-state index is -1.45. The van der Waals surface area contributed by atoms with Gasteiger partial charge in [0.25, 0.3) is 0 Å². The van der Waals surface area contributed by atoms with Gasteiger partial charge in [-0.2, -0.15) is 0 Å². The van der Waals surface area contributed by atoms with Crippen molar-refractivity contribution in [1.82, 2.24) is 0 Å². The summed E-state index contributed by atoms with van der Waals surface area (Å²) in [5.74, 6) is -1.22. The topological polar surface area (TPSA) is 66.8 Å². The van der Waals surface area contributed by atoms with Crippen molar-refractivity contribution in [2.75, 3.05) is 0 Å². The number of ether oxygens (including phenoxy) is 1. The van der Waals surface area contributed by atoms with E-state index < -0.39 is 18.2 Å². The van der Waals surface area contributed by atoms with Crippen LogP contribution in [0.3, 0.4) is 0 Å². The summed E-state index contributed by atoms with van der Waals surface area (Å²) in [4.78, 5) is 10.4. The molecule has 0 radical (unpaired) electrons. The van der Waals surface area contributed by atoms with Crippen molar-refractivity contribution in [3.63, 3.8) is 0 Å². The number of benzene rings is 1. The summed E-state index contributed by atoms with van der Waals surface area (Å²) in [5, 5.41) is 17.6. The first kappa shape index (κ1) is 12.4. The summed E-state index contributed by atoms with van der Waals surface area (Å²) < 4.78 is 17.9. The van der Waals surface area contributed by atoms with Gasteiger partial charge in [0, 0.05) is 6.42 Å². The minimum absolute atomic E-state index is 0.0211. The second-order valence-corrected chi connectivity index (χ2v) is 3.47. The van der Waals surface area contributed by atoms with Crippen LogP contribution in [0.2, 0.25) is 0 Å². The molecule has 16 heavy (non-hydrogen) atoms. The minimum Gasteiger partial charge on any atom is -0.491 e. The van der Waals surface area contributed by atoms with Gasteiger partial charge in [-0.05, 0) is 31.2 Å². The highest BCUT2D eigenvalue weighted by Gasteiger charge is 2.17. The average Bonchev–Trinajstić information content (AvgIpc) is 2.21. The van der Waals surface area contributed by atoms with Crippen molar-refractivity contribution < 1.29 is 24.1 Å². The number of hydrogen-bond acceptors (Lipinski definition) is 3. The molecule has 1 aromatic carbocycles. The highest BCUT2D eigenvalue weighted by atomic mass is 19.1. The fourth-order valence-corrected chi connectivity index (χ4v) is 1.21. The van der Waals surface area contributed by atoms with Crippen molar-refractivity contribution in [2.45, 2.75) is 25.6 Å². The number of carboxylic acids is 1. The molecule has 2 atom stereocenters. The number of aliphatic hydroxyl groups excluding tert-OH is 1. The summed E-state index contributed by atoms with van der Waals surface area (Å²) in [7, 11) is 0. The maximum atomic E-state index is 12.6. The number of rotatable bonds is 5. The third-order valence-corrected chi connectivity index (χ3v) is 1.99.